The van der Waals surface area contributed by atoms with E-state index in [-0.39, 0.29) is 5.91 Å². The van der Waals surface area contributed by atoms with Crippen LogP contribution in [0.2, 0.25) is 0 Å². The SMILES string of the molecule is CC(C)C1=CC(=O)NC(N)N1. The van der Waals surface area contributed by atoms with Crippen LogP contribution in [0.3, 0.4) is 0 Å². The van der Waals surface area contributed by atoms with E-state index >= 15 is 0 Å². The molecule has 0 saturated heterocycles. The van der Waals surface area contributed by atoms with Crippen molar-refractivity contribution in [3.8, 4) is 0 Å². The van der Waals surface area contributed by atoms with Crippen LogP contribution >= 0.6 is 0 Å². The summed E-state index contributed by atoms with van der Waals surface area (Å²) in [6.07, 6.45) is 1.10. The predicted molar refractivity (Wildman–Crippen MR) is 42.2 cm³/mol. The number of hydrogen-bond acceptors (Lipinski definition) is 3. The highest BCUT2D eigenvalue weighted by Gasteiger charge is 2.15. The van der Waals surface area contributed by atoms with Crippen LogP contribution in [0.15, 0.2) is 11.8 Å². The summed E-state index contributed by atoms with van der Waals surface area (Å²) in [4.78, 5) is 10.9. The number of allylic oxidation sites excluding steroid dienone is 1. The number of hydrogen-bond donors (Lipinski definition) is 3. The summed E-state index contributed by atoms with van der Waals surface area (Å²) < 4.78 is 0. The molecule has 1 amide bonds. The maximum atomic E-state index is 10.9. The molecule has 1 heterocycles. The predicted octanol–water partition coefficient (Wildman–Crippen LogP) is -0.512. The highest BCUT2D eigenvalue weighted by molar-refractivity contribution is 5.89. The van der Waals surface area contributed by atoms with E-state index in [4.69, 9.17) is 5.73 Å². The summed E-state index contributed by atoms with van der Waals surface area (Å²) in [6.45, 7) is 4.01. The Kier molecular flexibility index (Phi) is 2.14. The van der Waals surface area contributed by atoms with Gasteiger partial charge < -0.3 is 10.6 Å². The van der Waals surface area contributed by atoms with Gasteiger partial charge in [-0.1, -0.05) is 13.8 Å². The first-order valence-corrected chi connectivity index (χ1v) is 3.64. The number of nitrogens with two attached hydrogens (primary N) is 1. The third-order valence-corrected chi connectivity index (χ3v) is 1.53. The van der Waals surface area contributed by atoms with Gasteiger partial charge in [0, 0.05) is 11.8 Å². The highest BCUT2D eigenvalue weighted by Crippen LogP contribution is 2.07. The maximum absolute atomic E-state index is 10.9. The minimum absolute atomic E-state index is 0.125. The number of nitrogens with one attached hydrogen (secondary N) is 2. The van der Waals surface area contributed by atoms with Gasteiger partial charge >= 0.3 is 0 Å². The molecule has 0 bridgehead atoms. The number of amides is 1. The normalized spacial score (nSPS) is 24.2. The molecule has 1 aliphatic heterocycles. The molecule has 0 aromatic heterocycles. The molecule has 0 radical (unpaired) electrons. The molecule has 62 valence electrons. The van der Waals surface area contributed by atoms with Gasteiger partial charge in [-0.25, -0.2) is 0 Å². The Balaban J connectivity index is 2.72. The van der Waals surface area contributed by atoms with Crippen LogP contribution in [0.5, 0.6) is 0 Å². The Bertz CT molecular complexity index is 198. The smallest absolute Gasteiger partial charge is 0.248 e. The fourth-order valence-electron chi connectivity index (χ4n) is 0.927. The molecule has 4 nitrogen and oxygen atoms in total. The molecule has 0 fully saturated rings. The van der Waals surface area contributed by atoms with Crippen molar-refractivity contribution in [3.05, 3.63) is 11.8 Å². The Morgan fingerprint density at radius 1 is 1.55 bits per heavy atom. The van der Waals surface area contributed by atoms with Crippen LogP contribution in [0.1, 0.15) is 13.8 Å². The molecule has 11 heavy (non-hydrogen) atoms. The van der Waals surface area contributed by atoms with E-state index in [0.29, 0.717) is 5.92 Å². The fraction of sp³-hybridized carbons (Fsp3) is 0.571. The minimum atomic E-state index is -0.440. The zero-order valence-electron chi connectivity index (χ0n) is 6.72. The molecule has 0 aromatic carbocycles. The van der Waals surface area contributed by atoms with E-state index in [1.807, 2.05) is 13.8 Å². The summed E-state index contributed by atoms with van der Waals surface area (Å²) in [5, 5.41) is 5.47. The van der Waals surface area contributed by atoms with E-state index in [1.165, 1.54) is 6.08 Å². The quantitative estimate of drug-likeness (QED) is 0.477. The van der Waals surface area contributed by atoms with Crippen LogP contribution < -0.4 is 16.4 Å². The van der Waals surface area contributed by atoms with Crippen LogP contribution in [0.4, 0.5) is 0 Å². The second-order valence-corrected chi connectivity index (χ2v) is 2.88. The van der Waals surface area contributed by atoms with Crippen LogP contribution in [-0.4, -0.2) is 12.2 Å². The average molecular weight is 155 g/mol. The lowest BCUT2D eigenvalue weighted by Crippen LogP contribution is -2.54. The first kappa shape index (κ1) is 8.07. The van der Waals surface area contributed by atoms with E-state index < -0.39 is 6.29 Å². The summed E-state index contributed by atoms with van der Waals surface area (Å²) in [5.74, 6) is 0.187. The summed E-state index contributed by atoms with van der Waals surface area (Å²) in [7, 11) is 0. The van der Waals surface area contributed by atoms with E-state index in [1.54, 1.807) is 0 Å². The van der Waals surface area contributed by atoms with E-state index in [0.717, 1.165) is 5.70 Å². The van der Waals surface area contributed by atoms with Crippen molar-refractivity contribution in [1.29, 1.82) is 0 Å². The Labute approximate surface area is 65.8 Å². The van der Waals surface area contributed by atoms with Crippen LogP contribution in [0, 0.1) is 5.92 Å². The largest absolute Gasteiger partial charge is 0.356 e. The monoisotopic (exact) mass is 155 g/mol. The molecule has 1 unspecified atom stereocenters. The standard InChI is InChI=1S/C7H13N3O/c1-4(2)5-3-6(11)10-7(8)9-5/h3-4,7,9H,8H2,1-2H3,(H,10,11). The Morgan fingerprint density at radius 3 is 2.64 bits per heavy atom. The van der Waals surface area contributed by atoms with Gasteiger partial charge in [0.15, 0.2) is 6.29 Å². The number of rotatable bonds is 1. The molecule has 0 spiro atoms. The van der Waals surface area contributed by atoms with Crippen molar-refractivity contribution in [2.75, 3.05) is 0 Å². The molecule has 0 saturated carbocycles. The molecule has 4 heteroatoms. The van der Waals surface area contributed by atoms with Crippen molar-refractivity contribution < 1.29 is 4.79 Å². The van der Waals surface area contributed by atoms with Crippen LogP contribution in [0.25, 0.3) is 0 Å². The van der Waals surface area contributed by atoms with Gasteiger partial charge in [-0.15, -0.1) is 0 Å². The average Bonchev–Trinajstić information content (AvgIpc) is 1.85. The van der Waals surface area contributed by atoms with Crippen molar-refractivity contribution in [2.45, 2.75) is 20.1 Å². The van der Waals surface area contributed by atoms with Crippen molar-refractivity contribution in [3.63, 3.8) is 0 Å². The number of carbonyl (C=O) groups excluding carboxylic acids is 1. The molecular weight excluding hydrogens is 142 g/mol. The van der Waals surface area contributed by atoms with Crippen molar-refractivity contribution in [2.24, 2.45) is 11.7 Å². The molecule has 1 aliphatic rings. The Morgan fingerprint density at radius 2 is 2.18 bits per heavy atom. The van der Waals surface area contributed by atoms with Gasteiger partial charge in [-0.3, -0.25) is 10.5 Å². The second kappa shape index (κ2) is 2.92. The van der Waals surface area contributed by atoms with E-state index in [9.17, 15) is 4.79 Å². The first-order chi connectivity index (χ1) is 5.09. The molecule has 0 aromatic rings. The molecule has 4 N–H and O–H groups in total. The summed E-state index contributed by atoms with van der Waals surface area (Å²) >= 11 is 0. The van der Waals surface area contributed by atoms with Gasteiger partial charge in [-0.05, 0) is 5.92 Å². The Hall–Kier alpha value is -1.03. The second-order valence-electron chi connectivity index (χ2n) is 2.88. The van der Waals surface area contributed by atoms with Crippen molar-refractivity contribution in [1.82, 2.24) is 10.6 Å². The van der Waals surface area contributed by atoms with Crippen LogP contribution in [-0.2, 0) is 4.79 Å². The maximum Gasteiger partial charge on any atom is 0.248 e. The zero-order chi connectivity index (χ0) is 8.43. The summed E-state index contributed by atoms with van der Waals surface area (Å²) in [5.41, 5.74) is 6.36. The third kappa shape index (κ3) is 1.94. The number of carbonyl (C=O) groups is 1. The summed E-state index contributed by atoms with van der Waals surface area (Å²) in [6, 6.07) is 0. The lowest BCUT2D eigenvalue weighted by Gasteiger charge is -2.24. The first-order valence-electron chi connectivity index (χ1n) is 3.64. The molecule has 0 aliphatic carbocycles. The molecule has 1 atom stereocenters. The van der Waals surface area contributed by atoms with Crippen molar-refractivity contribution >= 4 is 5.91 Å². The highest BCUT2D eigenvalue weighted by atomic mass is 16.1. The van der Waals surface area contributed by atoms with E-state index in [2.05, 4.69) is 10.6 Å². The molecule has 1 rings (SSSR count). The topological polar surface area (TPSA) is 67.2 Å². The fourth-order valence-corrected chi connectivity index (χ4v) is 0.927. The van der Waals surface area contributed by atoms with Gasteiger partial charge in [0.05, 0.1) is 0 Å². The van der Waals surface area contributed by atoms with Gasteiger partial charge in [0.25, 0.3) is 0 Å². The van der Waals surface area contributed by atoms with Gasteiger partial charge in [0.2, 0.25) is 5.91 Å². The third-order valence-electron chi connectivity index (χ3n) is 1.53. The van der Waals surface area contributed by atoms with Gasteiger partial charge in [0.1, 0.15) is 0 Å². The van der Waals surface area contributed by atoms with Gasteiger partial charge in [-0.2, -0.15) is 0 Å². The zero-order valence-corrected chi connectivity index (χ0v) is 6.72. The lowest BCUT2D eigenvalue weighted by molar-refractivity contribution is -0.117. The molecular formula is C7H13N3O. The lowest BCUT2D eigenvalue weighted by atomic mass is 10.1. The minimum Gasteiger partial charge on any atom is -0.356 e.